The zero-order valence-electron chi connectivity index (χ0n) is 28.8. The fourth-order valence-corrected chi connectivity index (χ4v) is 9.70. The standard InChI is InChI=1S/C51H31NO/c1-2-15-35(16-3-1)52(47-23-12-20-42-40-19-8-11-24-48(40)53-50(42)47)36-26-28-37-34(29-36)25-27-41-43-30-32-13-4-5-14-33(32)31-46(43)51(49(37)41)44-21-9-6-17-38(44)39-18-7-10-22-45(39)51/h1-31H. The van der Waals surface area contributed by atoms with Crippen molar-refractivity contribution < 1.29 is 4.42 Å². The molecule has 9 aromatic carbocycles. The van der Waals surface area contributed by atoms with Crippen LogP contribution in [-0.4, -0.2) is 0 Å². The third-order valence-electron chi connectivity index (χ3n) is 11.8. The van der Waals surface area contributed by atoms with Crippen LogP contribution >= 0.6 is 0 Å². The zero-order valence-corrected chi connectivity index (χ0v) is 28.8. The molecule has 0 fully saturated rings. The first kappa shape index (κ1) is 28.8. The number of anilines is 3. The summed E-state index contributed by atoms with van der Waals surface area (Å²) in [6.45, 7) is 0. The van der Waals surface area contributed by atoms with E-state index < -0.39 is 5.41 Å². The molecular formula is C51H31NO. The van der Waals surface area contributed by atoms with Crippen molar-refractivity contribution in [1.82, 2.24) is 0 Å². The topological polar surface area (TPSA) is 16.4 Å². The highest BCUT2D eigenvalue weighted by Gasteiger charge is 2.52. The summed E-state index contributed by atoms with van der Waals surface area (Å²) in [4.78, 5) is 2.34. The van der Waals surface area contributed by atoms with E-state index in [-0.39, 0.29) is 0 Å². The average Bonchev–Trinajstić information content (AvgIpc) is 3.85. The van der Waals surface area contributed by atoms with E-state index in [1.165, 1.54) is 66.1 Å². The Labute approximate surface area is 306 Å². The Balaban J connectivity index is 1.15. The van der Waals surface area contributed by atoms with Crippen molar-refractivity contribution in [3.05, 3.63) is 210 Å². The van der Waals surface area contributed by atoms with Crippen molar-refractivity contribution in [3.63, 3.8) is 0 Å². The molecule has 0 amide bonds. The molecule has 1 spiro atoms. The van der Waals surface area contributed by atoms with E-state index >= 15 is 0 Å². The number of fused-ring (bicyclic) bond motifs is 16. The molecule has 0 bridgehead atoms. The molecule has 2 heteroatoms. The van der Waals surface area contributed by atoms with Gasteiger partial charge in [0.1, 0.15) is 5.58 Å². The molecule has 0 unspecified atom stereocenters. The molecule has 0 N–H and O–H groups in total. The normalized spacial score (nSPS) is 13.4. The quantitative estimate of drug-likeness (QED) is 0.186. The van der Waals surface area contributed by atoms with Gasteiger partial charge < -0.3 is 9.32 Å². The van der Waals surface area contributed by atoms with E-state index in [2.05, 4.69) is 187 Å². The molecule has 2 aliphatic carbocycles. The van der Waals surface area contributed by atoms with Gasteiger partial charge >= 0.3 is 0 Å². The lowest BCUT2D eigenvalue weighted by molar-refractivity contribution is 0.669. The van der Waals surface area contributed by atoms with Gasteiger partial charge in [-0.05, 0) is 115 Å². The van der Waals surface area contributed by atoms with Crippen LogP contribution in [-0.2, 0) is 5.41 Å². The minimum atomic E-state index is -0.443. The average molecular weight is 674 g/mol. The van der Waals surface area contributed by atoms with Gasteiger partial charge in [-0.2, -0.15) is 0 Å². The molecule has 2 nitrogen and oxygen atoms in total. The summed E-state index contributed by atoms with van der Waals surface area (Å²) < 4.78 is 6.61. The molecule has 0 atom stereocenters. The molecular weight excluding hydrogens is 643 g/mol. The smallest absolute Gasteiger partial charge is 0.159 e. The lowest BCUT2D eigenvalue weighted by Gasteiger charge is -2.32. The number of nitrogens with zero attached hydrogens (tertiary/aromatic N) is 1. The molecule has 53 heavy (non-hydrogen) atoms. The van der Waals surface area contributed by atoms with Crippen LogP contribution in [0.3, 0.4) is 0 Å². The largest absolute Gasteiger partial charge is 0.454 e. The minimum absolute atomic E-state index is 0.443. The summed E-state index contributed by atoms with van der Waals surface area (Å²) >= 11 is 0. The maximum absolute atomic E-state index is 6.61. The molecule has 0 radical (unpaired) electrons. The van der Waals surface area contributed by atoms with Gasteiger partial charge in [-0.1, -0.05) is 140 Å². The van der Waals surface area contributed by atoms with E-state index in [0.717, 1.165) is 39.0 Å². The first-order chi connectivity index (χ1) is 26.3. The summed E-state index contributed by atoms with van der Waals surface area (Å²) in [5, 5.41) is 7.25. The molecule has 1 heterocycles. The molecule has 12 rings (SSSR count). The van der Waals surface area contributed by atoms with Gasteiger partial charge in [-0.15, -0.1) is 0 Å². The maximum atomic E-state index is 6.61. The van der Waals surface area contributed by atoms with Gasteiger partial charge in [0.25, 0.3) is 0 Å². The van der Waals surface area contributed by atoms with E-state index in [4.69, 9.17) is 4.42 Å². The summed E-state index contributed by atoms with van der Waals surface area (Å²) in [5.74, 6) is 0. The maximum Gasteiger partial charge on any atom is 0.159 e. The second kappa shape index (κ2) is 10.6. The van der Waals surface area contributed by atoms with E-state index in [1.54, 1.807) is 0 Å². The number of benzene rings is 9. The van der Waals surface area contributed by atoms with Crippen LogP contribution in [0, 0.1) is 0 Å². The van der Waals surface area contributed by atoms with Gasteiger partial charge in [-0.3, -0.25) is 0 Å². The molecule has 1 aromatic heterocycles. The van der Waals surface area contributed by atoms with Crippen LogP contribution in [0.4, 0.5) is 17.1 Å². The molecule has 2 aliphatic rings. The van der Waals surface area contributed by atoms with Gasteiger partial charge in [0, 0.05) is 22.1 Å². The van der Waals surface area contributed by atoms with Crippen LogP contribution in [0.1, 0.15) is 22.3 Å². The van der Waals surface area contributed by atoms with Crippen LogP contribution in [0.15, 0.2) is 192 Å². The SMILES string of the molecule is c1ccc(N(c2ccc3c4c(ccc3c2)-c2cc3ccccc3cc2C42c3ccccc3-c3ccccc32)c2cccc3c2oc2ccccc23)cc1. The van der Waals surface area contributed by atoms with Crippen LogP contribution in [0.2, 0.25) is 0 Å². The fourth-order valence-electron chi connectivity index (χ4n) is 9.70. The second-order valence-corrected chi connectivity index (χ2v) is 14.4. The molecule has 0 aliphatic heterocycles. The number of hydrogen-bond donors (Lipinski definition) is 0. The van der Waals surface area contributed by atoms with Crippen molar-refractivity contribution in [2.45, 2.75) is 5.41 Å². The first-order valence-electron chi connectivity index (χ1n) is 18.3. The second-order valence-electron chi connectivity index (χ2n) is 14.4. The summed E-state index contributed by atoms with van der Waals surface area (Å²) in [7, 11) is 0. The summed E-state index contributed by atoms with van der Waals surface area (Å²) in [6.07, 6.45) is 0. The van der Waals surface area contributed by atoms with Crippen molar-refractivity contribution in [2.75, 3.05) is 4.90 Å². The van der Waals surface area contributed by atoms with Crippen LogP contribution in [0.25, 0.3) is 65.7 Å². The van der Waals surface area contributed by atoms with Crippen molar-refractivity contribution in [1.29, 1.82) is 0 Å². The van der Waals surface area contributed by atoms with Crippen molar-refractivity contribution in [3.8, 4) is 22.3 Å². The lowest BCUT2D eigenvalue weighted by Crippen LogP contribution is -2.26. The van der Waals surface area contributed by atoms with Gasteiger partial charge in [-0.25, -0.2) is 0 Å². The molecule has 0 saturated carbocycles. The predicted molar refractivity (Wildman–Crippen MR) is 220 cm³/mol. The number of furan rings is 1. The Morgan fingerprint density at radius 1 is 0.377 bits per heavy atom. The van der Waals surface area contributed by atoms with E-state index in [1.807, 2.05) is 6.07 Å². The minimum Gasteiger partial charge on any atom is -0.454 e. The monoisotopic (exact) mass is 673 g/mol. The van der Waals surface area contributed by atoms with Gasteiger partial charge in [0.15, 0.2) is 5.58 Å². The van der Waals surface area contributed by atoms with E-state index in [0.29, 0.717) is 0 Å². The van der Waals surface area contributed by atoms with Gasteiger partial charge in [0.2, 0.25) is 0 Å². The predicted octanol–water partition coefficient (Wildman–Crippen LogP) is 13.7. The third kappa shape index (κ3) is 3.77. The van der Waals surface area contributed by atoms with Crippen LogP contribution in [0.5, 0.6) is 0 Å². The Hall–Kier alpha value is -6.90. The zero-order chi connectivity index (χ0) is 34.7. The Bertz CT molecular complexity index is 3090. The third-order valence-corrected chi connectivity index (χ3v) is 11.8. The number of hydrogen-bond acceptors (Lipinski definition) is 2. The fraction of sp³-hybridized carbons (Fsp3) is 0.0196. The summed E-state index contributed by atoms with van der Waals surface area (Å²) in [6, 6.07) is 69.0. The number of rotatable bonds is 3. The Kier molecular flexibility index (Phi) is 5.73. The van der Waals surface area contributed by atoms with E-state index in [9.17, 15) is 0 Å². The van der Waals surface area contributed by atoms with Gasteiger partial charge in [0.05, 0.1) is 11.1 Å². The molecule has 0 saturated heterocycles. The molecule has 246 valence electrons. The highest BCUT2D eigenvalue weighted by Crippen LogP contribution is 2.64. The first-order valence-corrected chi connectivity index (χ1v) is 18.3. The molecule has 10 aromatic rings. The number of para-hydroxylation sites is 3. The summed E-state index contributed by atoms with van der Waals surface area (Å²) in [5.41, 5.74) is 15.2. The van der Waals surface area contributed by atoms with Crippen LogP contribution < -0.4 is 4.90 Å². The Morgan fingerprint density at radius 3 is 1.87 bits per heavy atom. The van der Waals surface area contributed by atoms with Crippen molar-refractivity contribution in [2.24, 2.45) is 0 Å². The lowest BCUT2D eigenvalue weighted by atomic mass is 9.69. The highest BCUT2D eigenvalue weighted by atomic mass is 16.3. The van der Waals surface area contributed by atoms with Crippen molar-refractivity contribution >= 4 is 60.5 Å². The highest BCUT2D eigenvalue weighted by molar-refractivity contribution is 6.11. The Morgan fingerprint density at radius 2 is 1.06 bits per heavy atom.